The Hall–Kier alpha value is -1.53. The standard InChI is InChI=1S/C13H18N4OS/c1-3-5-18-11-6-10(7-14-8-11)13(15-4-2)12-9-16-19-17-12/h6-9,13,15H,3-5H2,1-2H3. The summed E-state index contributed by atoms with van der Waals surface area (Å²) in [6, 6.07) is 2.02. The van der Waals surface area contributed by atoms with E-state index in [4.69, 9.17) is 4.74 Å². The molecule has 0 aliphatic rings. The molecule has 0 radical (unpaired) electrons. The average Bonchev–Trinajstić information content (AvgIpc) is 2.96. The van der Waals surface area contributed by atoms with Crippen LogP contribution in [0.5, 0.6) is 5.75 Å². The molecule has 1 atom stereocenters. The lowest BCUT2D eigenvalue weighted by Crippen LogP contribution is -2.22. The van der Waals surface area contributed by atoms with Gasteiger partial charge in [0.1, 0.15) is 5.75 Å². The summed E-state index contributed by atoms with van der Waals surface area (Å²) in [4.78, 5) is 4.24. The molecule has 2 aromatic rings. The molecular weight excluding hydrogens is 260 g/mol. The van der Waals surface area contributed by atoms with E-state index in [-0.39, 0.29) is 6.04 Å². The molecular formula is C13H18N4OS. The number of hydrogen-bond donors (Lipinski definition) is 1. The van der Waals surface area contributed by atoms with E-state index < -0.39 is 0 Å². The number of rotatable bonds is 7. The monoisotopic (exact) mass is 278 g/mol. The van der Waals surface area contributed by atoms with Crippen LogP contribution in [-0.2, 0) is 0 Å². The van der Waals surface area contributed by atoms with Gasteiger partial charge >= 0.3 is 0 Å². The maximum absolute atomic E-state index is 5.62. The van der Waals surface area contributed by atoms with E-state index in [0.717, 1.165) is 30.0 Å². The highest BCUT2D eigenvalue weighted by molar-refractivity contribution is 6.99. The van der Waals surface area contributed by atoms with Crippen molar-refractivity contribution >= 4 is 11.7 Å². The summed E-state index contributed by atoms with van der Waals surface area (Å²) in [5, 5.41) is 3.39. The minimum Gasteiger partial charge on any atom is -0.492 e. The summed E-state index contributed by atoms with van der Waals surface area (Å²) in [7, 11) is 0. The number of hydrogen-bond acceptors (Lipinski definition) is 6. The zero-order chi connectivity index (χ0) is 13.5. The van der Waals surface area contributed by atoms with Crippen LogP contribution < -0.4 is 10.1 Å². The van der Waals surface area contributed by atoms with Gasteiger partial charge in [-0.3, -0.25) is 4.98 Å². The van der Waals surface area contributed by atoms with Crippen molar-refractivity contribution in [3.63, 3.8) is 0 Å². The highest BCUT2D eigenvalue weighted by atomic mass is 32.1. The van der Waals surface area contributed by atoms with E-state index in [1.165, 1.54) is 11.7 Å². The molecule has 0 bridgehead atoms. The Morgan fingerprint density at radius 3 is 2.89 bits per heavy atom. The lowest BCUT2D eigenvalue weighted by atomic mass is 10.1. The van der Waals surface area contributed by atoms with Crippen LogP contribution >= 0.6 is 11.7 Å². The van der Waals surface area contributed by atoms with Crippen LogP contribution in [0.3, 0.4) is 0 Å². The van der Waals surface area contributed by atoms with Crippen LogP contribution in [0.25, 0.3) is 0 Å². The molecule has 0 spiro atoms. The third-order valence-corrected chi connectivity index (χ3v) is 3.12. The van der Waals surface area contributed by atoms with E-state index in [2.05, 4.69) is 32.9 Å². The summed E-state index contributed by atoms with van der Waals surface area (Å²) in [6.45, 7) is 5.70. The molecule has 0 amide bonds. The summed E-state index contributed by atoms with van der Waals surface area (Å²) in [5.74, 6) is 0.797. The fourth-order valence-corrected chi connectivity index (χ4v) is 2.24. The summed E-state index contributed by atoms with van der Waals surface area (Å²) in [6.07, 6.45) is 6.35. The number of ether oxygens (including phenoxy) is 1. The molecule has 2 heterocycles. The van der Waals surface area contributed by atoms with Crippen molar-refractivity contribution in [3.8, 4) is 5.75 Å². The second-order valence-electron chi connectivity index (χ2n) is 4.13. The molecule has 1 N–H and O–H groups in total. The number of pyridine rings is 1. The van der Waals surface area contributed by atoms with Crippen molar-refractivity contribution in [1.82, 2.24) is 19.0 Å². The van der Waals surface area contributed by atoms with Gasteiger partial charge in [-0.15, -0.1) is 0 Å². The normalized spacial score (nSPS) is 12.3. The van der Waals surface area contributed by atoms with E-state index in [0.29, 0.717) is 6.61 Å². The lowest BCUT2D eigenvalue weighted by Gasteiger charge is -2.16. The van der Waals surface area contributed by atoms with E-state index in [9.17, 15) is 0 Å². The van der Waals surface area contributed by atoms with E-state index in [1.54, 1.807) is 12.4 Å². The minimum atomic E-state index is 0.0152. The Morgan fingerprint density at radius 1 is 1.32 bits per heavy atom. The third-order valence-electron chi connectivity index (χ3n) is 2.62. The molecule has 2 aromatic heterocycles. The van der Waals surface area contributed by atoms with Gasteiger partial charge in [-0.1, -0.05) is 13.8 Å². The quantitative estimate of drug-likeness (QED) is 0.843. The topological polar surface area (TPSA) is 59.9 Å². The van der Waals surface area contributed by atoms with Crippen LogP contribution in [0.1, 0.15) is 37.6 Å². The van der Waals surface area contributed by atoms with Crippen LogP contribution in [-0.4, -0.2) is 26.9 Å². The van der Waals surface area contributed by atoms with Crippen molar-refractivity contribution in [1.29, 1.82) is 0 Å². The predicted molar refractivity (Wildman–Crippen MR) is 75.5 cm³/mol. The zero-order valence-corrected chi connectivity index (χ0v) is 12.0. The Labute approximate surface area is 117 Å². The maximum Gasteiger partial charge on any atom is 0.137 e. The van der Waals surface area contributed by atoms with Gasteiger partial charge < -0.3 is 10.1 Å². The second kappa shape index (κ2) is 7.16. The molecule has 0 aliphatic carbocycles. The fraction of sp³-hybridized carbons (Fsp3) is 0.462. The molecule has 19 heavy (non-hydrogen) atoms. The van der Waals surface area contributed by atoms with E-state index in [1.807, 2.05) is 12.3 Å². The van der Waals surface area contributed by atoms with Crippen molar-refractivity contribution < 1.29 is 4.74 Å². The van der Waals surface area contributed by atoms with Crippen LogP contribution in [0.2, 0.25) is 0 Å². The molecule has 2 rings (SSSR count). The smallest absolute Gasteiger partial charge is 0.137 e. The van der Waals surface area contributed by atoms with Crippen molar-refractivity contribution in [2.45, 2.75) is 26.3 Å². The highest BCUT2D eigenvalue weighted by Gasteiger charge is 2.16. The summed E-state index contributed by atoms with van der Waals surface area (Å²) < 4.78 is 14.0. The number of nitrogens with zero attached hydrogens (tertiary/aromatic N) is 3. The Morgan fingerprint density at radius 2 is 2.21 bits per heavy atom. The molecule has 0 saturated carbocycles. The first-order valence-corrected chi connectivity index (χ1v) is 7.16. The molecule has 1 unspecified atom stereocenters. The lowest BCUT2D eigenvalue weighted by molar-refractivity contribution is 0.315. The first-order valence-electron chi connectivity index (χ1n) is 6.43. The minimum absolute atomic E-state index is 0.0152. The molecule has 0 aliphatic heterocycles. The molecule has 0 saturated heterocycles. The Balaban J connectivity index is 2.21. The first-order chi connectivity index (χ1) is 9.35. The van der Waals surface area contributed by atoms with Gasteiger partial charge in [0.2, 0.25) is 0 Å². The average molecular weight is 278 g/mol. The summed E-state index contributed by atoms with van der Waals surface area (Å²) >= 11 is 1.21. The van der Waals surface area contributed by atoms with Gasteiger partial charge in [-0.2, -0.15) is 8.75 Å². The predicted octanol–water partition coefficient (Wildman–Crippen LogP) is 2.42. The maximum atomic E-state index is 5.62. The molecule has 0 aromatic carbocycles. The van der Waals surface area contributed by atoms with Gasteiger partial charge in [-0.05, 0) is 24.6 Å². The second-order valence-corrected chi connectivity index (χ2v) is 4.68. The van der Waals surface area contributed by atoms with Crippen molar-refractivity contribution in [3.05, 3.63) is 35.9 Å². The van der Waals surface area contributed by atoms with Gasteiger partial charge in [0.15, 0.2) is 0 Å². The number of aromatic nitrogens is 3. The van der Waals surface area contributed by atoms with Crippen LogP contribution in [0, 0.1) is 0 Å². The van der Waals surface area contributed by atoms with Gasteiger partial charge in [0, 0.05) is 6.20 Å². The highest BCUT2D eigenvalue weighted by Crippen LogP contribution is 2.23. The fourth-order valence-electron chi connectivity index (χ4n) is 1.79. The first kappa shape index (κ1) is 13.9. The van der Waals surface area contributed by atoms with E-state index >= 15 is 0 Å². The van der Waals surface area contributed by atoms with Gasteiger partial charge in [-0.25, -0.2) is 0 Å². The molecule has 0 fully saturated rings. The van der Waals surface area contributed by atoms with Gasteiger partial charge in [0.25, 0.3) is 0 Å². The molecule has 5 nitrogen and oxygen atoms in total. The summed E-state index contributed by atoms with van der Waals surface area (Å²) in [5.41, 5.74) is 1.96. The van der Waals surface area contributed by atoms with Crippen LogP contribution in [0.15, 0.2) is 24.7 Å². The van der Waals surface area contributed by atoms with Crippen molar-refractivity contribution in [2.75, 3.05) is 13.2 Å². The molecule has 102 valence electrons. The number of nitrogens with one attached hydrogen (secondary N) is 1. The Bertz CT molecular complexity index is 489. The van der Waals surface area contributed by atoms with Gasteiger partial charge in [0.05, 0.1) is 42.5 Å². The third kappa shape index (κ3) is 3.71. The molecule has 6 heteroatoms. The Kier molecular flexibility index (Phi) is 5.23. The van der Waals surface area contributed by atoms with Crippen molar-refractivity contribution in [2.24, 2.45) is 0 Å². The SMILES string of the molecule is CCCOc1cncc(C(NCC)c2cnsn2)c1. The zero-order valence-electron chi connectivity index (χ0n) is 11.2. The van der Waals surface area contributed by atoms with Crippen LogP contribution in [0.4, 0.5) is 0 Å². The largest absolute Gasteiger partial charge is 0.492 e.